The van der Waals surface area contributed by atoms with Gasteiger partial charge in [0.25, 0.3) is 5.91 Å². The summed E-state index contributed by atoms with van der Waals surface area (Å²) in [4.78, 5) is 21.3. The Morgan fingerprint density at radius 2 is 1.81 bits per heavy atom. The lowest BCUT2D eigenvalue weighted by molar-refractivity contribution is 0.0742. The van der Waals surface area contributed by atoms with Gasteiger partial charge in [-0.25, -0.2) is 9.37 Å². The highest BCUT2D eigenvalue weighted by molar-refractivity contribution is 7.13. The SMILES string of the molecule is O=C(c1csc(-c2ccc(F)cc2)n1)N1CCN(c2cccc(Cl)c2)CC1. The molecule has 1 saturated heterocycles. The number of benzene rings is 2. The molecule has 1 fully saturated rings. The van der Waals surface area contributed by atoms with E-state index in [0.717, 1.165) is 29.3 Å². The van der Waals surface area contributed by atoms with Crippen LogP contribution in [-0.4, -0.2) is 42.0 Å². The standard InChI is InChI=1S/C20H17ClFN3OS/c21-15-2-1-3-17(12-15)24-8-10-25(11-9-24)20(26)18-13-27-19(23-18)14-4-6-16(22)7-5-14/h1-7,12-13H,8-11H2. The quantitative estimate of drug-likeness (QED) is 0.645. The van der Waals surface area contributed by atoms with Gasteiger partial charge in [0, 0.05) is 47.8 Å². The molecule has 1 aromatic heterocycles. The molecule has 4 nitrogen and oxygen atoms in total. The van der Waals surface area contributed by atoms with Gasteiger partial charge in [-0.2, -0.15) is 0 Å². The van der Waals surface area contributed by atoms with E-state index < -0.39 is 0 Å². The molecule has 0 N–H and O–H groups in total. The summed E-state index contributed by atoms with van der Waals surface area (Å²) in [6.45, 7) is 2.77. The Labute approximate surface area is 165 Å². The van der Waals surface area contributed by atoms with Crippen molar-refractivity contribution in [3.05, 3.63) is 70.4 Å². The zero-order valence-corrected chi connectivity index (χ0v) is 16.0. The number of hydrogen-bond acceptors (Lipinski definition) is 4. The number of carbonyl (C=O) groups excluding carboxylic acids is 1. The molecular formula is C20H17ClFN3OS. The van der Waals surface area contributed by atoms with Gasteiger partial charge in [-0.1, -0.05) is 17.7 Å². The summed E-state index contributed by atoms with van der Waals surface area (Å²) in [7, 11) is 0. The van der Waals surface area contributed by atoms with Gasteiger partial charge in [0.2, 0.25) is 0 Å². The molecule has 0 saturated carbocycles. The average molecular weight is 402 g/mol. The van der Waals surface area contributed by atoms with Crippen LogP contribution in [0, 0.1) is 5.82 Å². The van der Waals surface area contributed by atoms with Crippen LogP contribution in [0.3, 0.4) is 0 Å². The van der Waals surface area contributed by atoms with Crippen LogP contribution >= 0.6 is 22.9 Å². The van der Waals surface area contributed by atoms with Gasteiger partial charge in [0.15, 0.2) is 0 Å². The fourth-order valence-corrected chi connectivity index (χ4v) is 4.08. The van der Waals surface area contributed by atoms with Crippen LogP contribution in [0.2, 0.25) is 5.02 Å². The molecule has 0 bridgehead atoms. The van der Waals surface area contributed by atoms with Crippen molar-refractivity contribution in [1.82, 2.24) is 9.88 Å². The van der Waals surface area contributed by atoms with Gasteiger partial charge in [-0.3, -0.25) is 4.79 Å². The molecule has 7 heteroatoms. The molecule has 0 atom stereocenters. The molecule has 138 valence electrons. The fourth-order valence-electron chi connectivity index (χ4n) is 3.10. The molecule has 2 heterocycles. The van der Waals surface area contributed by atoms with Crippen molar-refractivity contribution in [2.45, 2.75) is 0 Å². The topological polar surface area (TPSA) is 36.4 Å². The van der Waals surface area contributed by atoms with E-state index in [-0.39, 0.29) is 11.7 Å². The Hall–Kier alpha value is -2.44. The van der Waals surface area contributed by atoms with Crippen molar-refractivity contribution in [2.75, 3.05) is 31.1 Å². The van der Waals surface area contributed by atoms with Gasteiger partial charge in [0.05, 0.1) is 0 Å². The number of carbonyl (C=O) groups is 1. The molecule has 4 rings (SSSR count). The van der Waals surface area contributed by atoms with Crippen LogP contribution in [0.1, 0.15) is 10.5 Å². The van der Waals surface area contributed by atoms with Crippen LogP contribution in [-0.2, 0) is 0 Å². The summed E-state index contributed by atoms with van der Waals surface area (Å²) in [5.74, 6) is -0.352. The van der Waals surface area contributed by atoms with Gasteiger partial charge >= 0.3 is 0 Å². The number of rotatable bonds is 3. The Balaban J connectivity index is 1.42. The molecular weight excluding hydrogens is 385 g/mol. The highest BCUT2D eigenvalue weighted by atomic mass is 35.5. The molecule has 0 spiro atoms. The Morgan fingerprint density at radius 3 is 2.52 bits per heavy atom. The van der Waals surface area contributed by atoms with Crippen molar-refractivity contribution in [3.63, 3.8) is 0 Å². The van der Waals surface area contributed by atoms with E-state index in [1.165, 1.54) is 23.5 Å². The first-order chi connectivity index (χ1) is 13.1. The first-order valence-electron chi connectivity index (χ1n) is 8.61. The highest BCUT2D eigenvalue weighted by Gasteiger charge is 2.24. The second kappa shape index (κ2) is 7.66. The van der Waals surface area contributed by atoms with E-state index >= 15 is 0 Å². The third-order valence-electron chi connectivity index (χ3n) is 4.55. The smallest absolute Gasteiger partial charge is 0.273 e. The molecule has 1 aliphatic rings. The fraction of sp³-hybridized carbons (Fsp3) is 0.200. The molecule has 1 amide bonds. The summed E-state index contributed by atoms with van der Waals surface area (Å²) < 4.78 is 13.1. The Kier molecular flexibility index (Phi) is 5.09. The van der Waals surface area contributed by atoms with Crippen LogP contribution < -0.4 is 4.90 Å². The molecule has 0 unspecified atom stereocenters. The Bertz CT molecular complexity index is 952. The van der Waals surface area contributed by atoms with Gasteiger partial charge in [-0.05, 0) is 42.5 Å². The average Bonchev–Trinajstić information content (AvgIpc) is 3.18. The largest absolute Gasteiger partial charge is 0.368 e. The lowest BCUT2D eigenvalue weighted by Gasteiger charge is -2.35. The third-order valence-corrected chi connectivity index (χ3v) is 5.68. The summed E-state index contributed by atoms with van der Waals surface area (Å²) in [5.41, 5.74) is 2.32. The molecule has 0 aliphatic carbocycles. The molecule has 0 radical (unpaired) electrons. The monoisotopic (exact) mass is 401 g/mol. The van der Waals surface area contributed by atoms with Gasteiger partial charge < -0.3 is 9.80 Å². The summed E-state index contributed by atoms with van der Waals surface area (Å²) in [5, 5.41) is 3.20. The first-order valence-corrected chi connectivity index (χ1v) is 9.87. The van der Waals surface area contributed by atoms with Crippen molar-refractivity contribution in [3.8, 4) is 10.6 Å². The summed E-state index contributed by atoms with van der Waals surface area (Å²) >= 11 is 7.46. The van der Waals surface area contributed by atoms with Crippen LogP contribution in [0.25, 0.3) is 10.6 Å². The number of nitrogens with zero attached hydrogens (tertiary/aromatic N) is 3. The minimum atomic E-state index is -0.288. The lowest BCUT2D eigenvalue weighted by atomic mass is 10.2. The number of thiazole rings is 1. The number of amides is 1. The number of anilines is 1. The predicted molar refractivity (Wildman–Crippen MR) is 107 cm³/mol. The van der Waals surface area contributed by atoms with Crippen molar-refractivity contribution >= 4 is 34.5 Å². The minimum Gasteiger partial charge on any atom is -0.368 e. The van der Waals surface area contributed by atoms with Crippen molar-refractivity contribution in [1.29, 1.82) is 0 Å². The first kappa shape index (κ1) is 17.9. The normalized spacial score (nSPS) is 14.4. The van der Waals surface area contributed by atoms with Crippen molar-refractivity contribution in [2.24, 2.45) is 0 Å². The van der Waals surface area contributed by atoms with Gasteiger partial charge in [-0.15, -0.1) is 11.3 Å². The number of hydrogen-bond donors (Lipinski definition) is 0. The van der Waals surface area contributed by atoms with Crippen molar-refractivity contribution < 1.29 is 9.18 Å². The number of piperazine rings is 1. The highest BCUT2D eigenvalue weighted by Crippen LogP contribution is 2.25. The molecule has 3 aromatic rings. The van der Waals surface area contributed by atoms with E-state index in [9.17, 15) is 9.18 Å². The molecule has 27 heavy (non-hydrogen) atoms. The van der Waals surface area contributed by atoms with Gasteiger partial charge in [0.1, 0.15) is 16.5 Å². The predicted octanol–water partition coefficient (Wildman–Crippen LogP) is 4.57. The van der Waals surface area contributed by atoms with Crippen LogP contribution in [0.5, 0.6) is 0 Å². The minimum absolute atomic E-state index is 0.0645. The molecule has 1 aliphatic heterocycles. The second-order valence-corrected chi connectivity index (χ2v) is 7.60. The maximum atomic E-state index is 13.1. The van der Waals surface area contributed by atoms with Crippen LogP contribution in [0.4, 0.5) is 10.1 Å². The van der Waals surface area contributed by atoms with E-state index in [0.29, 0.717) is 23.8 Å². The maximum absolute atomic E-state index is 13.1. The van der Waals surface area contributed by atoms with E-state index in [1.807, 2.05) is 29.2 Å². The third kappa shape index (κ3) is 3.96. The maximum Gasteiger partial charge on any atom is 0.273 e. The molecule has 2 aromatic carbocycles. The van der Waals surface area contributed by atoms with E-state index in [2.05, 4.69) is 9.88 Å². The zero-order valence-electron chi connectivity index (χ0n) is 14.4. The zero-order chi connectivity index (χ0) is 18.8. The second-order valence-electron chi connectivity index (χ2n) is 6.30. The number of halogens is 2. The number of aromatic nitrogens is 1. The summed E-state index contributed by atoms with van der Waals surface area (Å²) in [6, 6.07) is 13.9. The lowest BCUT2D eigenvalue weighted by Crippen LogP contribution is -2.48. The van der Waals surface area contributed by atoms with E-state index in [1.54, 1.807) is 17.5 Å². The van der Waals surface area contributed by atoms with E-state index in [4.69, 9.17) is 11.6 Å². The Morgan fingerprint density at radius 1 is 1.07 bits per heavy atom. The summed E-state index contributed by atoms with van der Waals surface area (Å²) in [6.07, 6.45) is 0. The van der Waals surface area contributed by atoms with Crippen LogP contribution in [0.15, 0.2) is 53.9 Å².